The van der Waals surface area contributed by atoms with Crippen molar-refractivity contribution in [1.29, 1.82) is 0 Å². The molecule has 0 fully saturated rings. The fourth-order valence-electron chi connectivity index (χ4n) is 2.01. The number of nitrogens with one attached hydrogen (secondary N) is 1. The number of hydrogen-bond donors (Lipinski definition) is 3. The second-order valence-corrected chi connectivity index (χ2v) is 8.98. The molecular weight excluding hydrogens is 406 g/mol. The van der Waals surface area contributed by atoms with E-state index in [0.29, 0.717) is 5.69 Å². The minimum absolute atomic E-state index is 0. The van der Waals surface area contributed by atoms with Crippen molar-refractivity contribution in [2.24, 2.45) is 0 Å². The molecule has 3 N–H and O–H groups in total. The van der Waals surface area contributed by atoms with Crippen LogP contribution in [0.15, 0.2) is 38.9 Å². The Balaban J connectivity index is 0.00000312. The first-order valence-electron chi connectivity index (χ1n) is 6.63. The van der Waals surface area contributed by atoms with E-state index in [4.69, 9.17) is 4.55 Å². The zero-order valence-electron chi connectivity index (χ0n) is 15.0. The van der Waals surface area contributed by atoms with Crippen molar-refractivity contribution in [3.63, 3.8) is 0 Å². The molecule has 0 saturated carbocycles. The fourth-order valence-corrected chi connectivity index (χ4v) is 3.16. The van der Waals surface area contributed by atoms with Gasteiger partial charge in [0.2, 0.25) is 0 Å². The van der Waals surface area contributed by atoms with Crippen molar-refractivity contribution in [1.82, 2.24) is 9.78 Å². The second-order valence-electron chi connectivity index (χ2n) is 6.17. The Kier molecular flexibility index (Phi) is 8.61. The number of rotatable bonds is 3. The Bertz CT molecular complexity index is 1060. The molecule has 1 aromatic heterocycles. The van der Waals surface area contributed by atoms with Crippen LogP contribution < -0.4 is 64.7 Å². The van der Waals surface area contributed by atoms with Crippen LogP contribution in [0.5, 0.6) is 0 Å². The molecule has 132 valence electrons. The summed E-state index contributed by atoms with van der Waals surface area (Å²) in [6, 6.07) is 3.61. The summed E-state index contributed by atoms with van der Waals surface area (Å²) in [7, 11) is -9.38. The molecule has 0 aliphatic heterocycles. The van der Waals surface area contributed by atoms with Gasteiger partial charge in [0.1, 0.15) is 4.90 Å². The van der Waals surface area contributed by atoms with Crippen molar-refractivity contribution < 1.29 is 85.1 Å². The maximum absolute atomic E-state index is 12.2. The molecule has 2 aromatic rings. The Morgan fingerprint density at radius 2 is 1.50 bits per heavy atom. The molecule has 0 spiro atoms. The third-order valence-corrected chi connectivity index (χ3v) is 5.03. The van der Waals surface area contributed by atoms with E-state index in [9.17, 15) is 26.2 Å². The first-order chi connectivity index (χ1) is 10.7. The van der Waals surface area contributed by atoms with Crippen LogP contribution in [0.3, 0.4) is 0 Å². The van der Waals surface area contributed by atoms with Crippen LogP contribution in [-0.4, -0.2) is 35.7 Å². The molecule has 2 rings (SSSR count). The first-order valence-corrected chi connectivity index (χ1v) is 9.51. The Labute approximate surface area is 195 Å². The number of hydrogen-bond acceptors (Lipinski definition) is 5. The zero-order valence-corrected chi connectivity index (χ0v) is 20.6. The molecule has 0 unspecified atom stereocenters. The van der Waals surface area contributed by atoms with Gasteiger partial charge in [0.05, 0.1) is 10.6 Å². The van der Waals surface area contributed by atoms with Crippen LogP contribution in [0.2, 0.25) is 0 Å². The number of nitrogens with zero attached hydrogens (tertiary/aromatic N) is 1. The molecule has 0 aliphatic rings. The molecule has 0 aliphatic carbocycles. The van der Waals surface area contributed by atoms with Gasteiger partial charge in [-0.2, -0.15) is 16.8 Å². The van der Waals surface area contributed by atoms with Crippen molar-refractivity contribution in [3.8, 4) is 5.69 Å². The third-order valence-electron chi connectivity index (χ3n) is 3.28. The van der Waals surface area contributed by atoms with E-state index in [1.54, 1.807) is 20.8 Å². The summed E-state index contributed by atoms with van der Waals surface area (Å²) < 4.78 is 64.8. The van der Waals surface area contributed by atoms with Crippen LogP contribution in [-0.2, 0) is 25.7 Å². The molecule has 0 amide bonds. The van der Waals surface area contributed by atoms with E-state index in [1.807, 2.05) is 0 Å². The maximum atomic E-state index is 12.2. The molecule has 1 heterocycles. The van der Waals surface area contributed by atoms with Crippen LogP contribution >= 0.6 is 0 Å². The predicted octanol–water partition coefficient (Wildman–Crippen LogP) is -5.04. The summed E-state index contributed by atoms with van der Waals surface area (Å²) in [4.78, 5) is 10.9. The maximum Gasteiger partial charge on any atom is 1.00 e. The van der Waals surface area contributed by atoms with Gasteiger partial charge in [-0.05, 0) is 18.2 Å². The normalized spacial score (nSPS) is 12.2. The second kappa shape index (κ2) is 8.60. The number of aromatic nitrogens is 2. The van der Waals surface area contributed by atoms with E-state index in [2.05, 4.69) is 5.10 Å². The van der Waals surface area contributed by atoms with Crippen LogP contribution in [0.25, 0.3) is 5.69 Å². The Hall–Kier alpha value is 0.0500. The van der Waals surface area contributed by atoms with Gasteiger partial charge in [0.25, 0.3) is 25.8 Å². The SMILES string of the molecule is CC(C)(C)c1cc(=O)n(-c2cc(S(=O)(=O)O)ccc2S(=O)(=O)O)[nH]1.[Na+].[Na+]. The predicted molar refractivity (Wildman–Crippen MR) is 84.7 cm³/mol. The molecule has 13 heteroatoms. The molecule has 0 bridgehead atoms. The smallest absolute Gasteiger partial charge is 0.294 e. The van der Waals surface area contributed by atoms with Gasteiger partial charge in [-0.25, -0.2) is 4.68 Å². The summed E-state index contributed by atoms with van der Waals surface area (Å²) in [5.74, 6) is 0. The minimum atomic E-state index is -4.74. The van der Waals surface area contributed by atoms with Crippen molar-refractivity contribution >= 4 is 20.2 Å². The third kappa shape index (κ3) is 5.77. The quantitative estimate of drug-likeness (QED) is 0.331. The minimum Gasteiger partial charge on any atom is -0.294 e. The van der Waals surface area contributed by atoms with Crippen molar-refractivity contribution in [3.05, 3.63) is 40.3 Å². The van der Waals surface area contributed by atoms with Gasteiger partial charge in [0.15, 0.2) is 0 Å². The van der Waals surface area contributed by atoms with Gasteiger partial charge >= 0.3 is 59.1 Å². The van der Waals surface area contributed by atoms with Crippen LogP contribution in [0.4, 0.5) is 0 Å². The summed E-state index contributed by atoms with van der Waals surface area (Å²) >= 11 is 0. The topological polar surface area (TPSA) is 147 Å². The molecule has 26 heavy (non-hydrogen) atoms. The summed E-state index contributed by atoms with van der Waals surface area (Å²) in [6.45, 7) is 5.42. The molecule has 9 nitrogen and oxygen atoms in total. The van der Waals surface area contributed by atoms with E-state index < -0.39 is 46.7 Å². The zero-order chi connectivity index (χ0) is 18.5. The van der Waals surface area contributed by atoms with E-state index in [-0.39, 0.29) is 59.1 Å². The van der Waals surface area contributed by atoms with E-state index in [1.165, 1.54) is 6.07 Å². The number of benzene rings is 1. The van der Waals surface area contributed by atoms with Crippen LogP contribution in [0.1, 0.15) is 26.5 Å². The van der Waals surface area contributed by atoms with E-state index in [0.717, 1.165) is 22.9 Å². The molecule has 0 atom stereocenters. The standard InChI is InChI=1S/C13H16N2O7S2.2Na/c1-13(2,3)11-7-12(16)15(14-11)9-6-8(23(17,18)19)4-5-10(9)24(20,21)22;;/h4-7,14H,1-3H3,(H,17,18,19)(H,20,21,22);;/q;2*+1. The van der Waals surface area contributed by atoms with Gasteiger partial charge < -0.3 is 0 Å². The number of aromatic amines is 1. The summed E-state index contributed by atoms with van der Waals surface area (Å²) in [6.07, 6.45) is 0. The van der Waals surface area contributed by atoms with Crippen molar-refractivity contribution in [2.75, 3.05) is 0 Å². The van der Waals surface area contributed by atoms with Crippen LogP contribution in [0, 0.1) is 0 Å². The monoisotopic (exact) mass is 422 g/mol. The number of H-pyrrole nitrogens is 1. The first kappa shape index (κ1) is 26.1. The Morgan fingerprint density at radius 1 is 0.962 bits per heavy atom. The van der Waals surface area contributed by atoms with Gasteiger partial charge in [-0.1, -0.05) is 20.8 Å². The molecular formula is C13H16N2Na2O7S2+2. The Morgan fingerprint density at radius 3 is 1.88 bits per heavy atom. The van der Waals surface area contributed by atoms with Crippen molar-refractivity contribution in [2.45, 2.75) is 36.0 Å². The summed E-state index contributed by atoms with van der Waals surface area (Å²) in [5.41, 5.74) is -1.08. The molecule has 0 saturated heterocycles. The fraction of sp³-hybridized carbons (Fsp3) is 0.308. The largest absolute Gasteiger partial charge is 1.00 e. The van der Waals surface area contributed by atoms with Gasteiger partial charge in [-0.3, -0.25) is 19.0 Å². The van der Waals surface area contributed by atoms with Gasteiger partial charge in [0, 0.05) is 17.2 Å². The average Bonchev–Trinajstić information content (AvgIpc) is 2.78. The van der Waals surface area contributed by atoms with Gasteiger partial charge in [-0.15, -0.1) is 0 Å². The summed E-state index contributed by atoms with van der Waals surface area (Å²) in [5, 5.41) is 2.68. The average molecular weight is 422 g/mol. The molecule has 0 radical (unpaired) electrons. The molecule has 1 aromatic carbocycles. The van der Waals surface area contributed by atoms with E-state index >= 15 is 0 Å².